The Kier molecular flexibility index (Phi) is 6.86. The van der Waals surface area contributed by atoms with E-state index in [2.05, 4.69) is 5.32 Å². The van der Waals surface area contributed by atoms with Crippen molar-refractivity contribution >= 4 is 46.4 Å². The fourth-order valence-electron chi connectivity index (χ4n) is 2.27. The Hall–Kier alpha value is -1.83. The van der Waals surface area contributed by atoms with Crippen LogP contribution in [0.25, 0.3) is 0 Å². The van der Waals surface area contributed by atoms with E-state index in [1.807, 2.05) is 0 Å². The Bertz CT molecular complexity index is 878. The van der Waals surface area contributed by atoms with Gasteiger partial charge in [0.1, 0.15) is 6.54 Å². The molecule has 0 unspecified atom stereocenters. The normalized spacial score (nSPS) is 13.1. The van der Waals surface area contributed by atoms with Crippen LogP contribution in [0.15, 0.2) is 28.4 Å². The molecule has 1 amide bonds. The van der Waals surface area contributed by atoms with Gasteiger partial charge in [0.15, 0.2) is 6.10 Å². The minimum absolute atomic E-state index is 0.232. The number of carbonyl (C=O) groups excluding carboxylic acids is 2. The molecule has 0 saturated heterocycles. The number of nitrogens with zero attached hydrogens (tertiary/aromatic N) is 1. The van der Waals surface area contributed by atoms with Crippen LogP contribution in [0.1, 0.15) is 31.1 Å². The van der Waals surface area contributed by atoms with Crippen molar-refractivity contribution in [2.75, 3.05) is 0 Å². The second-order valence-electron chi connectivity index (χ2n) is 5.76. The van der Waals surface area contributed by atoms with E-state index in [1.165, 1.54) is 11.5 Å². The zero-order chi connectivity index (χ0) is 19.4. The molecule has 1 N–H and O–H groups in total. The lowest BCUT2D eigenvalue weighted by molar-refractivity contribution is -0.155. The number of aromatic nitrogens is 1. The maximum atomic E-state index is 12.3. The third-order valence-corrected chi connectivity index (χ3v) is 5.17. The van der Waals surface area contributed by atoms with E-state index in [9.17, 15) is 14.4 Å². The molecule has 0 saturated carbocycles. The van der Waals surface area contributed by atoms with Gasteiger partial charge in [-0.25, -0.2) is 0 Å². The molecule has 0 radical (unpaired) electrons. The molecule has 2 aromatic rings. The summed E-state index contributed by atoms with van der Waals surface area (Å²) >= 11 is 13.0. The number of amides is 1. The molecule has 0 bridgehead atoms. The smallest absolute Gasteiger partial charge is 0.326 e. The summed E-state index contributed by atoms with van der Waals surface area (Å²) in [5, 5.41) is 5.32. The standard InChI is InChI=1S/C17H18Cl2N2O4S/c1-9-8-26-17(24)21(9)7-15(22)25-11(3)16(23)20-10(2)13-5-4-12(18)6-14(13)19/h4-6,8,10-11H,7H2,1-3H3,(H,20,23)/t10-,11-/m1/s1. The fourth-order valence-corrected chi connectivity index (χ4v) is 3.58. The van der Waals surface area contributed by atoms with Crippen LogP contribution in [0.4, 0.5) is 0 Å². The van der Waals surface area contributed by atoms with Crippen molar-refractivity contribution in [2.24, 2.45) is 0 Å². The molecule has 0 aliphatic heterocycles. The number of thiazole rings is 1. The lowest BCUT2D eigenvalue weighted by atomic mass is 10.1. The second kappa shape index (κ2) is 8.70. The van der Waals surface area contributed by atoms with Gasteiger partial charge in [0.05, 0.1) is 6.04 Å². The number of carbonyl (C=O) groups is 2. The molecule has 26 heavy (non-hydrogen) atoms. The molecular weight excluding hydrogens is 399 g/mol. The SMILES string of the molecule is Cc1csc(=O)n1CC(=O)O[C@H](C)C(=O)N[C@H](C)c1ccc(Cl)cc1Cl. The van der Waals surface area contributed by atoms with E-state index in [1.54, 1.807) is 37.4 Å². The summed E-state index contributed by atoms with van der Waals surface area (Å²) in [4.78, 5) is 35.6. The number of rotatable bonds is 6. The maximum absolute atomic E-state index is 12.3. The highest BCUT2D eigenvalue weighted by Gasteiger charge is 2.21. The predicted molar refractivity (Wildman–Crippen MR) is 102 cm³/mol. The molecule has 1 aromatic heterocycles. The fraction of sp³-hybridized carbons (Fsp3) is 0.353. The van der Waals surface area contributed by atoms with Gasteiger partial charge < -0.3 is 10.1 Å². The number of halogens is 2. The van der Waals surface area contributed by atoms with Gasteiger partial charge in [-0.05, 0) is 38.5 Å². The molecule has 1 heterocycles. The first kappa shape index (κ1) is 20.5. The number of nitrogens with one attached hydrogen (secondary N) is 1. The predicted octanol–water partition coefficient (Wildman–Crippen LogP) is 3.33. The first-order valence-electron chi connectivity index (χ1n) is 7.78. The molecule has 2 atom stereocenters. The van der Waals surface area contributed by atoms with Crippen LogP contribution in [-0.4, -0.2) is 22.5 Å². The lowest BCUT2D eigenvalue weighted by Gasteiger charge is -2.19. The van der Waals surface area contributed by atoms with E-state index in [0.717, 1.165) is 11.3 Å². The highest BCUT2D eigenvalue weighted by Crippen LogP contribution is 2.26. The topological polar surface area (TPSA) is 77.4 Å². The molecule has 140 valence electrons. The van der Waals surface area contributed by atoms with Crippen molar-refractivity contribution < 1.29 is 14.3 Å². The number of hydrogen-bond acceptors (Lipinski definition) is 5. The largest absolute Gasteiger partial charge is 0.451 e. The number of ether oxygens (including phenoxy) is 1. The van der Waals surface area contributed by atoms with Gasteiger partial charge in [-0.15, -0.1) is 0 Å². The van der Waals surface area contributed by atoms with E-state index in [4.69, 9.17) is 27.9 Å². The minimum Gasteiger partial charge on any atom is -0.451 e. The van der Waals surface area contributed by atoms with Crippen LogP contribution in [-0.2, 0) is 20.9 Å². The summed E-state index contributed by atoms with van der Waals surface area (Å²) in [6.45, 7) is 4.71. The van der Waals surface area contributed by atoms with E-state index < -0.39 is 24.0 Å². The average Bonchev–Trinajstić information content (AvgIpc) is 2.86. The third-order valence-electron chi connectivity index (χ3n) is 3.73. The minimum atomic E-state index is -1.01. The molecule has 9 heteroatoms. The molecule has 2 rings (SSSR count). The van der Waals surface area contributed by atoms with Crippen molar-refractivity contribution in [3.63, 3.8) is 0 Å². The van der Waals surface area contributed by atoms with Gasteiger partial charge in [-0.3, -0.25) is 19.0 Å². The average molecular weight is 417 g/mol. The van der Waals surface area contributed by atoms with Gasteiger partial charge in [-0.1, -0.05) is 40.6 Å². The monoisotopic (exact) mass is 416 g/mol. The number of esters is 1. The van der Waals surface area contributed by atoms with Gasteiger partial charge in [0.25, 0.3) is 5.91 Å². The van der Waals surface area contributed by atoms with Crippen molar-refractivity contribution in [3.8, 4) is 0 Å². The summed E-state index contributed by atoms with van der Waals surface area (Å²) in [7, 11) is 0. The van der Waals surface area contributed by atoms with E-state index >= 15 is 0 Å². The van der Waals surface area contributed by atoms with Gasteiger partial charge in [-0.2, -0.15) is 0 Å². The summed E-state index contributed by atoms with van der Waals surface area (Å²) in [5.41, 5.74) is 1.36. The van der Waals surface area contributed by atoms with Crippen molar-refractivity contribution in [3.05, 3.63) is 54.5 Å². The Morgan fingerprint density at radius 1 is 1.31 bits per heavy atom. The second-order valence-corrected chi connectivity index (χ2v) is 7.42. The summed E-state index contributed by atoms with van der Waals surface area (Å²) in [6.07, 6.45) is -1.01. The molecule has 1 aromatic carbocycles. The van der Waals surface area contributed by atoms with Gasteiger partial charge >= 0.3 is 10.8 Å². The van der Waals surface area contributed by atoms with Gasteiger partial charge in [0.2, 0.25) is 0 Å². The van der Waals surface area contributed by atoms with Crippen LogP contribution < -0.4 is 10.2 Å². The van der Waals surface area contributed by atoms with Crippen LogP contribution in [0.3, 0.4) is 0 Å². The maximum Gasteiger partial charge on any atom is 0.326 e. The first-order valence-corrected chi connectivity index (χ1v) is 9.42. The molecule has 6 nitrogen and oxygen atoms in total. The van der Waals surface area contributed by atoms with Crippen LogP contribution in [0.2, 0.25) is 10.0 Å². The molecule has 0 aliphatic carbocycles. The van der Waals surface area contributed by atoms with Crippen LogP contribution in [0, 0.1) is 6.92 Å². The third kappa shape index (κ3) is 5.09. The number of hydrogen-bond donors (Lipinski definition) is 1. The number of aryl methyl sites for hydroxylation is 1. The molecule has 0 spiro atoms. The Labute approximate surface area is 164 Å². The summed E-state index contributed by atoms with van der Waals surface area (Å²) in [6, 6.07) is 4.59. The zero-order valence-corrected chi connectivity index (χ0v) is 16.7. The Morgan fingerprint density at radius 3 is 2.58 bits per heavy atom. The van der Waals surface area contributed by atoms with Gasteiger partial charge in [0, 0.05) is 21.1 Å². The molecule has 0 aliphatic rings. The first-order chi connectivity index (χ1) is 12.2. The highest BCUT2D eigenvalue weighted by molar-refractivity contribution is 7.07. The Morgan fingerprint density at radius 2 is 2.00 bits per heavy atom. The van der Waals surface area contributed by atoms with E-state index in [0.29, 0.717) is 21.3 Å². The summed E-state index contributed by atoms with van der Waals surface area (Å²) in [5.74, 6) is -1.13. The zero-order valence-electron chi connectivity index (χ0n) is 14.4. The van der Waals surface area contributed by atoms with Crippen LogP contribution in [0.5, 0.6) is 0 Å². The van der Waals surface area contributed by atoms with Crippen molar-refractivity contribution in [2.45, 2.75) is 39.5 Å². The molecular formula is C17H18Cl2N2O4S. The number of benzene rings is 1. The van der Waals surface area contributed by atoms with Crippen LogP contribution >= 0.6 is 34.5 Å². The highest BCUT2D eigenvalue weighted by atomic mass is 35.5. The quantitative estimate of drug-likeness (QED) is 0.732. The summed E-state index contributed by atoms with van der Waals surface area (Å²) < 4.78 is 6.42. The van der Waals surface area contributed by atoms with Crippen molar-refractivity contribution in [1.82, 2.24) is 9.88 Å². The van der Waals surface area contributed by atoms with E-state index in [-0.39, 0.29) is 11.4 Å². The van der Waals surface area contributed by atoms with Crippen molar-refractivity contribution in [1.29, 1.82) is 0 Å². The Balaban J connectivity index is 1.94. The lowest BCUT2D eigenvalue weighted by Crippen LogP contribution is -2.38. The molecule has 0 fully saturated rings.